The highest BCUT2D eigenvalue weighted by Gasteiger charge is 2.35. The van der Waals surface area contributed by atoms with Gasteiger partial charge < -0.3 is 16.0 Å². The van der Waals surface area contributed by atoms with E-state index in [1.807, 2.05) is 87.7 Å². The number of nitriles is 1. The molecule has 3 aromatic rings. The monoisotopic (exact) mass is 528 g/mol. The van der Waals surface area contributed by atoms with Crippen molar-refractivity contribution < 1.29 is 9.59 Å². The molecule has 0 unspecified atom stereocenters. The average molecular weight is 529 g/mol. The molecule has 2 amide bonds. The maximum atomic E-state index is 13.5. The second-order valence-corrected chi connectivity index (χ2v) is 10.8. The molecule has 1 atom stereocenters. The lowest BCUT2D eigenvalue weighted by molar-refractivity contribution is -0.114. The summed E-state index contributed by atoms with van der Waals surface area (Å²) < 4.78 is 0. The molecule has 0 aliphatic carbocycles. The fraction of sp³-hybridized carbons (Fsp3) is 0.207. The summed E-state index contributed by atoms with van der Waals surface area (Å²) in [5, 5.41) is 21.9. The zero-order valence-electron chi connectivity index (χ0n) is 21.1. The molecule has 37 heavy (non-hydrogen) atoms. The number of benzene rings is 2. The van der Waals surface area contributed by atoms with Gasteiger partial charge in [-0.15, -0.1) is 11.3 Å². The molecule has 0 fully saturated rings. The lowest BCUT2D eigenvalue weighted by Crippen LogP contribution is -2.31. The number of allylic oxidation sites excluding steroid dienone is 2. The molecule has 0 saturated heterocycles. The molecule has 8 heteroatoms. The van der Waals surface area contributed by atoms with Gasteiger partial charge in [0.05, 0.1) is 28.3 Å². The van der Waals surface area contributed by atoms with Gasteiger partial charge in [-0.25, -0.2) is 0 Å². The van der Waals surface area contributed by atoms with Crippen LogP contribution in [0.15, 0.2) is 81.8 Å². The van der Waals surface area contributed by atoms with Crippen LogP contribution >= 0.6 is 23.1 Å². The van der Waals surface area contributed by atoms with Crippen molar-refractivity contribution in [3.05, 3.63) is 103 Å². The van der Waals surface area contributed by atoms with E-state index in [9.17, 15) is 14.9 Å². The lowest BCUT2D eigenvalue weighted by Gasteiger charge is -2.29. The third-order valence-electron chi connectivity index (χ3n) is 6.25. The van der Waals surface area contributed by atoms with Gasteiger partial charge in [-0.1, -0.05) is 42.1 Å². The Balaban J connectivity index is 1.58. The van der Waals surface area contributed by atoms with E-state index in [1.54, 1.807) is 0 Å². The third-order valence-corrected chi connectivity index (χ3v) is 8.21. The van der Waals surface area contributed by atoms with Crippen LogP contribution in [0.4, 0.5) is 11.4 Å². The number of para-hydroxylation sites is 1. The number of thiophene rings is 1. The van der Waals surface area contributed by atoms with Crippen LogP contribution in [0.1, 0.15) is 34.4 Å². The summed E-state index contributed by atoms with van der Waals surface area (Å²) >= 11 is 2.76. The molecular formula is C29H28N4O2S2. The molecular weight excluding hydrogens is 500 g/mol. The van der Waals surface area contributed by atoms with Crippen molar-refractivity contribution in [1.29, 1.82) is 5.26 Å². The van der Waals surface area contributed by atoms with Gasteiger partial charge in [-0.05, 0) is 74.0 Å². The summed E-state index contributed by atoms with van der Waals surface area (Å²) in [6.07, 6.45) is 0. The topological polar surface area (TPSA) is 94.0 Å². The van der Waals surface area contributed by atoms with Gasteiger partial charge in [-0.2, -0.15) is 5.26 Å². The fourth-order valence-corrected chi connectivity index (χ4v) is 5.86. The highest BCUT2D eigenvalue weighted by atomic mass is 32.2. The van der Waals surface area contributed by atoms with Crippen molar-refractivity contribution >= 4 is 46.3 Å². The molecule has 1 aliphatic rings. The molecule has 2 heterocycles. The van der Waals surface area contributed by atoms with Crippen molar-refractivity contribution in [2.45, 2.75) is 33.6 Å². The van der Waals surface area contributed by atoms with Crippen LogP contribution in [0.5, 0.6) is 0 Å². The molecule has 1 aromatic heterocycles. The van der Waals surface area contributed by atoms with E-state index in [4.69, 9.17) is 0 Å². The average Bonchev–Trinajstić information content (AvgIpc) is 3.40. The molecule has 0 spiro atoms. The van der Waals surface area contributed by atoms with E-state index < -0.39 is 5.92 Å². The summed E-state index contributed by atoms with van der Waals surface area (Å²) in [5.74, 6) is -0.838. The minimum absolute atomic E-state index is 0.121. The summed E-state index contributed by atoms with van der Waals surface area (Å²) in [7, 11) is 0. The quantitative estimate of drug-likeness (QED) is 0.331. The molecule has 6 nitrogen and oxygen atoms in total. The smallest absolute Gasteiger partial charge is 0.254 e. The van der Waals surface area contributed by atoms with Crippen molar-refractivity contribution in [3.8, 4) is 6.07 Å². The van der Waals surface area contributed by atoms with Gasteiger partial charge in [0.1, 0.15) is 0 Å². The Morgan fingerprint density at radius 3 is 2.46 bits per heavy atom. The zero-order chi connectivity index (χ0) is 26.5. The first-order chi connectivity index (χ1) is 17.8. The minimum Gasteiger partial charge on any atom is -0.353 e. The molecule has 3 N–H and O–H groups in total. The summed E-state index contributed by atoms with van der Waals surface area (Å²) in [6, 6.07) is 19.5. The number of hydrogen-bond acceptors (Lipinski definition) is 6. The molecule has 188 valence electrons. The maximum Gasteiger partial charge on any atom is 0.254 e. The number of hydrogen-bond donors (Lipinski definition) is 3. The lowest BCUT2D eigenvalue weighted by atomic mass is 9.86. The van der Waals surface area contributed by atoms with Crippen molar-refractivity contribution in [1.82, 2.24) is 5.32 Å². The summed E-state index contributed by atoms with van der Waals surface area (Å²) in [4.78, 5) is 27.1. The highest BCUT2D eigenvalue weighted by Crippen LogP contribution is 2.42. The van der Waals surface area contributed by atoms with Gasteiger partial charge in [0.2, 0.25) is 5.91 Å². The molecule has 2 aromatic carbocycles. The number of amides is 2. The summed E-state index contributed by atoms with van der Waals surface area (Å²) in [5.41, 5.74) is 6.24. The Labute approximate surface area is 225 Å². The largest absolute Gasteiger partial charge is 0.353 e. The predicted molar refractivity (Wildman–Crippen MR) is 152 cm³/mol. The van der Waals surface area contributed by atoms with E-state index >= 15 is 0 Å². The van der Waals surface area contributed by atoms with Crippen LogP contribution < -0.4 is 16.0 Å². The Morgan fingerprint density at radius 1 is 1.00 bits per heavy atom. The van der Waals surface area contributed by atoms with Gasteiger partial charge in [0, 0.05) is 27.5 Å². The van der Waals surface area contributed by atoms with Crippen LogP contribution in [-0.4, -0.2) is 17.6 Å². The molecule has 0 radical (unpaired) electrons. The SMILES string of the molecule is CC1=C(C(=O)Nc2ccccc2C)[C@H](c2cccs2)C(C#N)=C(SCC(=O)Nc2ccc(C)c(C)c2)N1. The highest BCUT2D eigenvalue weighted by molar-refractivity contribution is 8.03. The van der Waals surface area contributed by atoms with Gasteiger partial charge >= 0.3 is 0 Å². The van der Waals surface area contributed by atoms with Gasteiger partial charge in [-0.3, -0.25) is 9.59 Å². The maximum absolute atomic E-state index is 13.5. The zero-order valence-corrected chi connectivity index (χ0v) is 22.8. The number of rotatable bonds is 7. The number of nitrogens with one attached hydrogen (secondary N) is 3. The minimum atomic E-state index is -0.527. The number of nitrogens with zero attached hydrogens (tertiary/aromatic N) is 1. The van der Waals surface area contributed by atoms with Crippen molar-refractivity contribution in [3.63, 3.8) is 0 Å². The first kappa shape index (κ1) is 26.3. The summed E-state index contributed by atoms with van der Waals surface area (Å²) in [6.45, 7) is 7.79. The van der Waals surface area contributed by atoms with Crippen LogP contribution in [0.3, 0.4) is 0 Å². The van der Waals surface area contributed by atoms with E-state index in [-0.39, 0.29) is 17.6 Å². The van der Waals surface area contributed by atoms with Gasteiger partial charge in [0.15, 0.2) is 0 Å². The number of carbonyl (C=O) groups excluding carboxylic acids is 2. The fourth-order valence-electron chi connectivity index (χ4n) is 4.12. The molecule has 1 aliphatic heterocycles. The normalized spacial score (nSPS) is 15.2. The number of aryl methyl sites for hydroxylation is 3. The van der Waals surface area contributed by atoms with Crippen molar-refractivity contribution in [2.75, 3.05) is 16.4 Å². The van der Waals surface area contributed by atoms with E-state index in [0.717, 1.165) is 32.9 Å². The number of carbonyl (C=O) groups is 2. The first-order valence-corrected chi connectivity index (χ1v) is 13.7. The first-order valence-electron chi connectivity index (χ1n) is 11.8. The molecule has 4 rings (SSSR count). The third kappa shape index (κ3) is 5.96. The van der Waals surface area contributed by atoms with Crippen LogP contribution in [0.25, 0.3) is 0 Å². The number of dihydropyridines is 1. The van der Waals surface area contributed by atoms with Crippen LogP contribution in [0, 0.1) is 32.1 Å². The second kappa shape index (κ2) is 11.5. The molecule has 0 saturated carbocycles. The Morgan fingerprint density at radius 2 is 1.78 bits per heavy atom. The Bertz CT molecular complexity index is 1450. The van der Waals surface area contributed by atoms with Crippen LogP contribution in [0.2, 0.25) is 0 Å². The Kier molecular flexibility index (Phi) is 8.17. The number of thioether (sulfide) groups is 1. The van der Waals surface area contributed by atoms with Crippen LogP contribution in [-0.2, 0) is 9.59 Å². The standard InChI is InChI=1S/C29H28N4O2S2/c1-17-11-12-21(14-19(17)3)32-25(34)16-37-29-22(15-30)27(24-10-7-13-36-24)26(20(4)31-29)28(35)33-23-9-6-5-8-18(23)2/h5-14,27,31H,16H2,1-4H3,(H,32,34)(H,33,35)/t27-/m0/s1. The van der Waals surface area contributed by atoms with Gasteiger partial charge in [0.25, 0.3) is 5.91 Å². The van der Waals surface area contributed by atoms with Crippen molar-refractivity contribution in [2.24, 2.45) is 0 Å². The van der Waals surface area contributed by atoms with E-state index in [0.29, 0.717) is 21.9 Å². The van der Waals surface area contributed by atoms with E-state index in [2.05, 4.69) is 22.0 Å². The second-order valence-electron chi connectivity index (χ2n) is 8.87. The predicted octanol–water partition coefficient (Wildman–Crippen LogP) is 6.38. The van der Waals surface area contributed by atoms with E-state index in [1.165, 1.54) is 23.1 Å². The number of anilines is 2. The Hall–Kier alpha value is -3.80. The molecule has 0 bridgehead atoms.